The fraction of sp³-hybridized carbons (Fsp3) is 0.667. The molecule has 26 heavy (non-hydrogen) atoms. The largest absolute Gasteiger partial charge is 0.493 e. The summed E-state index contributed by atoms with van der Waals surface area (Å²) in [5.74, 6) is 1.13. The van der Waals surface area contributed by atoms with E-state index < -0.39 is 6.10 Å². The number of amides is 1. The molecule has 0 unspecified atom stereocenters. The van der Waals surface area contributed by atoms with Crippen LogP contribution in [0.5, 0.6) is 11.5 Å². The number of pyridine rings is 1. The van der Waals surface area contributed by atoms with E-state index >= 15 is 0 Å². The maximum absolute atomic E-state index is 12.3. The number of ether oxygens (including phenoxy) is 3. The molecule has 0 spiro atoms. The lowest BCUT2D eigenvalue weighted by molar-refractivity contribution is -0.131. The second-order valence-corrected chi connectivity index (χ2v) is 6.78. The second kappa shape index (κ2) is 8.66. The zero-order valence-corrected chi connectivity index (χ0v) is 15.3. The van der Waals surface area contributed by atoms with E-state index in [1.807, 2.05) is 0 Å². The van der Waals surface area contributed by atoms with Gasteiger partial charge in [-0.25, -0.2) is 0 Å². The fourth-order valence-corrected chi connectivity index (χ4v) is 3.65. The van der Waals surface area contributed by atoms with E-state index in [9.17, 15) is 9.90 Å². The van der Waals surface area contributed by atoms with Gasteiger partial charge in [0, 0.05) is 44.5 Å². The number of aliphatic hydroxyl groups is 1. The molecule has 2 aliphatic heterocycles. The Morgan fingerprint density at radius 1 is 1.42 bits per heavy atom. The Bertz CT molecular complexity index is 621. The van der Waals surface area contributed by atoms with Gasteiger partial charge in [-0.3, -0.25) is 14.7 Å². The minimum absolute atomic E-state index is 0.0846. The summed E-state index contributed by atoms with van der Waals surface area (Å²) < 4.78 is 16.2. The number of piperidine rings is 1. The van der Waals surface area contributed by atoms with Crippen LogP contribution in [0.2, 0.25) is 0 Å². The molecule has 1 aromatic heterocycles. The number of β-amino-alcohol motifs (C(OH)–C–C–N with tert-alkyl or cyclic N) is 1. The minimum atomic E-state index is -0.504. The monoisotopic (exact) mass is 365 g/mol. The molecule has 8 nitrogen and oxygen atoms in total. The summed E-state index contributed by atoms with van der Waals surface area (Å²) in [6.07, 6.45) is 3.03. The Balaban J connectivity index is 1.64. The quantitative estimate of drug-likeness (QED) is 0.750. The number of aliphatic hydroxyl groups excluding tert-OH is 1. The summed E-state index contributed by atoms with van der Waals surface area (Å²) in [6.45, 7) is 2.30. The Morgan fingerprint density at radius 2 is 2.27 bits per heavy atom. The fourth-order valence-electron chi connectivity index (χ4n) is 3.65. The zero-order valence-electron chi connectivity index (χ0n) is 15.3. The lowest BCUT2D eigenvalue weighted by atomic mass is 10.0. The summed E-state index contributed by atoms with van der Waals surface area (Å²) in [5.41, 5.74) is 0.741. The van der Waals surface area contributed by atoms with E-state index in [0.29, 0.717) is 44.2 Å². The number of nitrogens with zero attached hydrogens (tertiary/aromatic N) is 2. The van der Waals surface area contributed by atoms with Crippen molar-refractivity contribution in [3.63, 3.8) is 0 Å². The van der Waals surface area contributed by atoms with Crippen LogP contribution in [0.1, 0.15) is 25.0 Å². The van der Waals surface area contributed by atoms with E-state index in [2.05, 4.69) is 15.2 Å². The highest BCUT2D eigenvalue weighted by molar-refractivity contribution is 5.81. The number of carbonyl (C=O) groups is 1. The van der Waals surface area contributed by atoms with Gasteiger partial charge in [0.15, 0.2) is 11.5 Å². The highest BCUT2D eigenvalue weighted by Gasteiger charge is 2.31. The van der Waals surface area contributed by atoms with Gasteiger partial charge < -0.3 is 24.6 Å². The number of hydrogen-bond acceptors (Lipinski definition) is 7. The third-order valence-electron chi connectivity index (χ3n) is 4.81. The van der Waals surface area contributed by atoms with E-state index in [1.165, 1.54) is 0 Å². The number of likely N-dealkylation sites (tertiary alicyclic amines) is 1. The lowest BCUT2D eigenvalue weighted by Gasteiger charge is -2.36. The topological polar surface area (TPSA) is 93.2 Å². The zero-order chi connectivity index (χ0) is 18.5. The predicted molar refractivity (Wildman–Crippen MR) is 94.1 cm³/mol. The van der Waals surface area contributed by atoms with Gasteiger partial charge >= 0.3 is 0 Å². The van der Waals surface area contributed by atoms with Gasteiger partial charge in [0.2, 0.25) is 5.91 Å². The third-order valence-corrected chi connectivity index (χ3v) is 4.81. The molecule has 0 aliphatic carbocycles. The highest BCUT2D eigenvalue weighted by Crippen LogP contribution is 2.30. The first-order chi connectivity index (χ1) is 12.6. The Kier molecular flexibility index (Phi) is 6.29. The average molecular weight is 365 g/mol. The standard InChI is InChI=1S/C18H27N3O5/c1-24-15-5-6-19-14(17(15)25-2)11-21-9-12(8-13(22)10-21)20-18(23)16-4-3-7-26-16/h5-6,12-13,16,22H,3-4,7-11H2,1-2H3,(H,20,23)/t12-,13+,16+/m0/s1. The van der Waals surface area contributed by atoms with Crippen LogP contribution in [0.4, 0.5) is 0 Å². The molecule has 0 bridgehead atoms. The molecular weight excluding hydrogens is 338 g/mol. The van der Waals surface area contributed by atoms with Gasteiger partial charge in [0.1, 0.15) is 11.8 Å². The number of carbonyl (C=O) groups excluding carboxylic acids is 1. The molecule has 2 fully saturated rings. The van der Waals surface area contributed by atoms with Crippen molar-refractivity contribution < 1.29 is 24.1 Å². The van der Waals surface area contributed by atoms with Crippen molar-refractivity contribution >= 4 is 5.91 Å². The molecule has 0 saturated carbocycles. The summed E-state index contributed by atoms with van der Waals surface area (Å²) in [6, 6.07) is 1.63. The van der Waals surface area contributed by atoms with Crippen molar-refractivity contribution in [2.75, 3.05) is 33.9 Å². The van der Waals surface area contributed by atoms with Gasteiger partial charge in [0.25, 0.3) is 0 Å². The van der Waals surface area contributed by atoms with Crippen molar-refractivity contribution in [2.24, 2.45) is 0 Å². The first-order valence-corrected chi connectivity index (χ1v) is 8.99. The first kappa shape index (κ1) is 18.9. The van der Waals surface area contributed by atoms with Crippen LogP contribution >= 0.6 is 0 Å². The highest BCUT2D eigenvalue weighted by atomic mass is 16.5. The van der Waals surface area contributed by atoms with Crippen molar-refractivity contribution in [1.29, 1.82) is 0 Å². The van der Waals surface area contributed by atoms with Crippen LogP contribution in [-0.4, -0.2) is 73.1 Å². The van der Waals surface area contributed by atoms with Gasteiger partial charge in [-0.1, -0.05) is 0 Å². The molecule has 0 aromatic carbocycles. The maximum atomic E-state index is 12.3. The molecule has 3 heterocycles. The Labute approximate surface area is 153 Å². The number of hydrogen-bond donors (Lipinski definition) is 2. The van der Waals surface area contributed by atoms with Gasteiger partial charge in [-0.05, 0) is 19.3 Å². The number of methoxy groups -OCH3 is 2. The first-order valence-electron chi connectivity index (χ1n) is 8.99. The van der Waals surface area contributed by atoms with Crippen molar-refractivity contribution in [2.45, 2.75) is 44.1 Å². The molecule has 2 saturated heterocycles. The molecule has 3 rings (SSSR count). The van der Waals surface area contributed by atoms with E-state index in [1.54, 1.807) is 26.5 Å². The molecule has 8 heteroatoms. The summed E-state index contributed by atoms with van der Waals surface area (Å²) in [7, 11) is 3.17. The molecule has 3 atom stereocenters. The van der Waals surface area contributed by atoms with Gasteiger partial charge in [-0.15, -0.1) is 0 Å². The predicted octanol–water partition coefficient (Wildman–Crippen LogP) is 0.329. The molecule has 144 valence electrons. The second-order valence-electron chi connectivity index (χ2n) is 6.78. The minimum Gasteiger partial charge on any atom is -0.493 e. The maximum Gasteiger partial charge on any atom is 0.249 e. The molecule has 1 aromatic rings. The molecule has 1 amide bonds. The van der Waals surface area contributed by atoms with Gasteiger partial charge in [-0.2, -0.15) is 0 Å². The van der Waals surface area contributed by atoms with Crippen molar-refractivity contribution in [1.82, 2.24) is 15.2 Å². The molecule has 2 aliphatic rings. The van der Waals surface area contributed by atoms with E-state index in [4.69, 9.17) is 14.2 Å². The summed E-state index contributed by atoms with van der Waals surface area (Å²) in [5, 5.41) is 13.2. The smallest absolute Gasteiger partial charge is 0.249 e. The van der Waals surface area contributed by atoms with Crippen LogP contribution in [0.15, 0.2) is 12.3 Å². The van der Waals surface area contributed by atoms with Crippen molar-refractivity contribution in [3.05, 3.63) is 18.0 Å². The summed E-state index contributed by atoms with van der Waals surface area (Å²) >= 11 is 0. The third kappa shape index (κ3) is 4.44. The van der Waals surface area contributed by atoms with Crippen LogP contribution in [-0.2, 0) is 16.1 Å². The molecule has 0 radical (unpaired) electrons. The van der Waals surface area contributed by atoms with Crippen LogP contribution in [0.25, 0.3) is 0 Å². The SMILES string of the molecule is COc1ccnc(CN2C[C@H](O)C[C@H](NC(=O)[C@H]3CCCO3)C2)c1OC. The molecule has 2 N–H and O–H groups in total. The van der Waals surface area contributed by atoms with E-state index in [0.717, 1.165) is 18.5 Å². The van der Waals surface area contributed by atoms with Crippen molar-refractivity contribution in [3.8, 4) is 11.5 Å². The number of aromatic nitrogens is 1. The normalized spacial score (nSPS) is 26.5. The Hall–Kier alpha value is -1.90. The van der Waals surface area contributed by atoms with E-state index in [-0.39, 0.29) is 18.1 Å². The van der Waals surface area contributed by atoms with Gasteiger partial charge in [0.05, 0.1) is 20.3 Å². The van der Waals surface area contributed by atoms with Crippen LogP contribution < -0.4 is 14.8 Å². The van der Waals surface area contributed by atoms with Crippen LogP contribution in [0, 0.1) is 0 Å². The number of nitrogens with one attached hydrogen (secondary N) is 1. The average Bonchev–Trinajstić information content (AvgIpc) is 3.15. The molecular formula is C18H27N3O5. The summed E-state index contributed by atoms with van der Waals surface area (Å²) in [4.78, 5) is 18.7. The number of rotatable bonds is 6. The Morgan fingerprint density at radius 3 is 2.96 bits per heavy atom. The lowest BCUT2D eigenvalue weighted by Crippen LogP contribution is -2.53. The van der Waals surface area contributed by atoms with Crippen LogP contribution in [0.3, 0.4) is 0 Å².